The number of nitrogens with zero attached hydrogens (tertiary/aromatic N) is 2. The number of aliphatic carboxylic acids is 1. The Morgan fingerprint density at radius 2 is 2.00 bits per heavy atom. The minimum absolute atomic E-state index is 0.0400. The third kappa shape index (κ3) is 4.14. The maximum absolute atomic E-state index is 13.2. The first-order valence-electron chi connectivity index (χ1n) is 10.00. The molecule has 6 heteroatoms. The zero-order valence-electron chi connectivity index (χ0n) is 16.8. The average Bonchev–Trinajstić information content (AvgIpc) is 3.35. The lowest BCUT2D eigenvalue weighted by atomic mass is 10.0. The Morgan fingerprint density at radius 3 is 2.70 bits per heavy atom. The number of carbonyl (C=O) groups is 2. The second-order valence-corrected chi connectivity index (χ2v) is 7.43. The molecule has 6 nitrogen and oxygen atoms in total. The lowest BCUT2D eigenvalue weighted by Crippen LogP contribution is -2.19. The third-order valence-electron chi connectivity index (χ3n) is 5.32. The fourth-order valence-electron chi connectivity index (χ4n) is 3.85. The van der Waals surface area contributed by atoms with Crippen LogP contribution in [0.4, 0.5) is 0 Å². The number of aromatic nitrogens is 2. The van der Waals surface area contributed by atoms with E-state index in [1.807, 2.05) is 61.8 Å². The smallest absolute Gasteiger partial charge is 0.307 e. The van der Waals surface area contributed by atoms with E-state index >= 15 is 0 Å². The van der Waals surface area contributed by atoms with Crippen molar-refractivity contribution in [3.8, 4) is 0 Å². The van der Waals surface area contributed by atoms with E-state index in [2.05, 4.69) is 4.57 Å². The number of hydrogen-bond acceptors (Lipinski definition) is 3. The second kappa shape index (κ2) is 8.55. The van der Waals surface area contributed by atoms with Crippen molar-refractivity contribution in [2.24, 2.45) is 0 Å². The fraction of sp³-hybridized carbons (Fsp3) is 0.250. The summed E-state index contributed by atoms with van der Waals surface area (Å²) in [7, 11) is 0. The topological polar surface area (TPSA) is 73.5 Å². The van der Waals surface area contributed by atoms with Gasteiger partial charge < -0.3 is 14.4 Å². The summed E-state index contributed by atoms with van der Waals surface area (Å²) in [4.78, 5) is 24.3. The molecular weight excluding hydrogens is 380 g/mol. The summed E-state index contributed by atoms with van der Waals surface area (Å²) in [6.45, 7) is 3.26. The molecule has 0 bridgehead atoms. The number of benzene rings is 1. The average molecular weight is 404 g/mol. The van der Waals surface area contributed by atoms with Gasteiger partial charge in [-0.2, -0.15) is 0 Å². The maximum Gasteiger partial charge on any atom is 0.307 e. The van der Waals surface area contributed by atoms with Gasteiger partial charge in [0.25, 0.3) is 5.91 Å². The van der Waals surface area contributed by atoms with Crippen molar-refractivity contribution in [1.29, 1.82) is 0 Å². The minimum atomic E-state index is -0.889. The highest BCUT2D eigenvalue weighted by Crippen LogP contribution is 2.26. The SMILES string of the molecule is Cc1cc2c(CC(=O)O)cccc2n1C(=O)C1=CCC(OCCn2cccc2)C=C1. The highest BCUT2D eigenvalue weighted by Gasteiger charge is 2.20. The van der Waals surface area contributed by atoms with E-state index in [4.69, 9.17) is 9.84 Å². The van der Waals surface area contributed by atoms with Gasteiger partial charge in [0, 0.05) is 35.6 Å². The van der Waals surface area contributed by atoms with Crippen LogP contribution in [0.2, 0.25) is 0 Å². The van der Waals surface area contributed by atoms with E-state index in [9.17, 15) is 9.59 Å². The van der Waals surface area contributed by atoms with Crippen LogP contribution < -0.4 is 0 Å². The lowest BCUT2D eigenvalue weighted by molar-refractivity contribution is -0.136. The first kappa shape index (κ1) is 19.9. The van der Waals surface area contributed by atoms with Crippen LogP contribution in [-0.4, -0.2) is 38.8 Å². The predicted molar refractivity (Wildman–Crippen MR) is 115 cm³/mol. The zero-order chi connectivity index (χ0) is 21.1. The number of allylic oxidation sites excluding steroid dienone is 2. The summed E-state index contributed by atoms with van der Waals surface area (Å²) < 4.78 is 9.62. The molecule has 3 aromatic rings. The van der Waals surface area contributed by atoms with Crippen molar-refractivity contribution in [1.82, 2.24) is 9.13 Å². The standard InChI is InChI=1S/C24H24N2O4/c1-17-15-21-19(16-23(27)28)5-4-6-22(21)26(17)24(29)18-7-9-20(10-8-18)30-14-13-25-11-2-3-12-25/h2-9,11-12,15,20H,10,13-14,16H2,1H3,(H,27,28). The first-order chi connectivity index (χ1) is 14.5. The van der Waals surface area contributed by atoms with Gasteiger partial charge in [0.2, 0.25) is 0 Å². The molecule has 0 amide bonds. The molecule has 2 heterocycles. The predicted octanol–water partition coefficient (Wildman–Crippen LogP) is 3.99. The summed E-state index contributed by atoms with van der Waals surface area (Å²) in [6, 6.07) is 11.3. The summed E-state index contributed by atoms with van der Waals surface area (Å²) in [6.07, 6.45) is 10.2. The third-order valence-corrected chi connectivity index (χ3v) is 5.32. The summed E-state index contributed by atoms with van der Waals surface area (Å²) in [5, 5.41) is 9.95. The van der Waals surface area contributed by atoms with Crippen molar-refractivity contribution in [2.45, 2.75) is 32.4 Å². The summed E-state index contributed by atoms with van der Waals surface area (Å²) >= 11 is 0. The fourth-order valence-corrected chi connectivity index (χ4v) is 3.85. The van der Waals surface area contributed by atoms with Crippen LogP contribution in [-0.2, 0) is 22.5 Å². The highest BCUT2D eigenvalue weighted by atomic mass is 16.5. The number of fused-ring (bicyclic) bond motifs is 1. The first-order valence-corrected chi connectivity index (χ1v) is 10.00. The van der Waals surface area contributed by atoms with E-state index in [-0.39, 0.29) is 18.4 Å². The molecule has 1 unspecified atom stereocenters. The number of aryl methyl sites for hydroxylation is 1. The van der Waals surface area contributed by atoms with E-state index < -0.39 is 5.97 Å². The van der Waals surface area contributed by atoms with Gasteiger partial charge in [-0.25, -0.2) is 0 Å². The van der Waals surface area contributed by atoms with E-state index in [0.29, 0.717) is 24.2 Å². The molecule has 0 aliphatic heterocycles. The van der Waals surface area contributed by atoms with Crippen LogP contribution in [0.5, 0.6) is 0 Å². The molecule has 4 rings (SSSR count). The van der Waals surface area contributed by atoms with Crippen molar-refractivity contribution in [3.63, 3.8) is 0 Å². The number of ether oxygens (including phenoxy) is 1. The Bertz CT molecular complexity index is 1140. The van der Waals surface area contributed by atoms with Gasteiger partial charge in [-0.15, -0.1) is 0 Å². The van der Waals surface area contributed by atoms with Gasteiger partial charge in [-0.1, -0.05) is 30.4 Å². The van der Waals surface area contributed by atoms with Crippen LogP contribution in [0.15, 0.2) is 72.6 Å². The summed E-state index contributed by atoms with van der Waals surface area (Å²) in [5.41, 5.74) is 2.84. The lowest BCUT2D eigenvalue weighted by Gasteiger charge is -2.18. The van der Waals surface area contributed by atoms with E-state index in [0.717, 1.165) is 23.1 Å². The molecule has 1 N–H and O–H groups in total. The number of carboxylic acids is 1. The normalized spacial score (nSPS) is 16.0. The molecule has 0 spiro atoms. The molecule has 2 aromatic heterocycles. The Kier molecular flexibility index (Phi) is 5.68. The highest BCUT2D eigenvalue weighted by molar-refractivity contribution is 6.05. The van der Waals surface area contributed by atoms with Gasteiger partial charge in [0.15, 0.2) is 0 Å². The summed E-state index contributed by atoms with van der Waals surface area (Å²) in [5.74, 6) is -1.00. The van der Waals surface area contributed by atoms with Crippen LogP contribution in [0.3, 0.4) is 0 Å². The van der Waals surface area contributed by atoms with Gasteiger partial charge >= 0.3 is 5.97 Å². The van der Waals surface area contributed by atoms with Crippen molar-refractivity contribution < 1.29 is 19.4 Å². The monoisotopic (exact) mass is 404 g/mol. The van der Waals surface area contributed by atoms with Crippen LogP contribution in [0.25, 0.3) is 10.9 Å². The van der Waals surface area contributed by atoms with Crippen LogP contribution in [0, 0.1) is 6.92 Å². The number of carboxylic acid groups (broad SMARTS) is 1. The van der Waals surface area contributed by atoms with E-state index in [1.165, 1.54) is 0 Å². The number of carbonyl (C=O) groups excluding carboxylic acids is 1. The van der Waals surface area contributed by atoms with Crippen molar-refractivity contribution in [3.05, 3.63) is 83.9 Å². The molecular formula is C24H24N2O4. The molecule has 0 radical (unpaired) electrons. The van der Waals surface area contributed by atoms with Gasteiger partial charge in [0.1, 0.15) is 0 Å². The Morgan fingerprint density at radius 1 is 1.20 bits per heavy atom. The van der Waals surface area contributed by atoms with E-state index in [1.54, 1.807) is 16.7 Å². The molecule has 1 aromatic carbocycles. The molecule has 154 valence electrons. The van der Waals surface area contributed by atoms with Crippen LogP contribution >= 0.6 is 0 Å². The number of hydrogen-bond donors (Lipinski definition) is 1. The molecule has 1 aliphatic carbocycles. The Hall–Kier alpha value is -3.38. The molecule has 1 atom stereocenters. The van der Waals surface area contributed by atoms with Gasteiger partial charge in [-0.05, 0) is 43.2 Å². The zero-order valence-corrected chi connectivity index (χ0v) is 16.8. The second-order valence-electron chi connectivity index (χ2n) is 7.43. The molecule has 0 saturated carbocycles. The van der Waals surface area contributed by atoms with Gasteiger partial charge in [-0.3, -0.25) is 14.2 Å². The van der Waals surface area contributed by atoms with Crippen LogP contribution in [0.1, 0.15) is 22.5 Å². The van der Waals surface area contributed by atoms with Crippen molar-refractivity contribution >= 4 is 22.8 Å². The van der Waals surface area contributed by atoms with Gasteiger partial charge in [0.05, 0.1) is 24.6 Å². The molecule has 30 heavy (non-hydrogen) atoms. The molecule has 1 aliphatic rings. The maximum atomic E-state index is 13.2. The quantitative estimate of drug-likeness (QED) is 0.646. The molecule has 0 fully saturated rings. The molecule has 0 saturated heterocycles. The Labute approximate surface area is 174 Å². The largest absolute Gasteiger partial charge is 0.481 e. The minimum Gasteiger partial charge on any atom is -0.481 e. The number of rotatable bonds is 7. The van der Waals surface area contributed by atoms with Crippen molar-refractivity contribution in [2.75, 3.05) is 6.61 Å². The Balaban J connectivity index is 1.47.